The fourth-order valence-electron chi connectivity index (χ4n) is 3.10. The second-order valence-corrected chi connectivity index (χ2v) is 8.48. The Hall–Kier alpha value is -2.67. The molecule has 0 bridgehead atoms. The van der Waals surface area contributed by atoms with Gasteiger partial charge in [0.05, 0.1) is 28.5 Å². The summed E-state index contributed by atoms with van der Waals surface area (Å²) in [5, 5.41) is 4.39. The quantitative estimate of drug-likeness (QED) is 0.637. The molecule has 0 saturated carbocycles. The molecule has 0 saturated heterocycles. The molecule has 0 atom stereocenters. The fourth-order valence-corrected chi connectivity index (χ4v) is 4.28. The topological polar surface area (TPSA) is 64.0 Å². The molecule has 0 fully saturated rings. The van der Waals surface area contributed by atoms with Crippen LogP contribution in [0, 0.1) is 19.7 Å². The molecule has 7 heteroatoms. The van der Waals surface area contributed by atoms with Gasteiger partial charge in [-0.25, -0.2) is 12.8 Å². The first-order valence-corrected chi connectivity index (χ1v) is 10.7. The Kier molecular flexibility index (Phi) is 5.84. The SMILES string of the molecule is CCCc1ccc(S(=O)(=O)Nc2c(C)nn(Cc3ccccc3F)c2C)cc1. The summed E-state index contributed by atoms with van der Waals surface area (Å²) in [5.74, 6) is -0.315. The molecule has 0 amide bonds. The summed E-state index contributed by atoms with van der Waals surface area (Å²) >= 11 is 0. The predicted octanol–water partition coefficient (Wildman–Crippen LogP) is 4.44. The Morgan fingerprint density at radius 2 is 1.75 bits per heavy atom. The van der Waals surface area contributed by atoms with Crippen molar-refractivity contribution in [3.63, 3.8) is 0 Å². The van der Waals surface area contributed by atoms with E-state index in [-0.39, 0.29) is 17.3 Å². The third-order valence-electron chi connectivity index (χ3n) is 4.67. The summed E-state index contributed by atoms with van der Waals surface area (Å²) in [4.78, 5) is 0.202. The van der Waals surface area contributed by atoms with E-state index in [0.717, 1.165) is 18.4 Å². The molecule has 148 valence electrons. The van der Waals surface area contributed by atoms with Gasteiger partial charge < -0.3 is 0 Å². The first kappa shape index (κ1) is 20.1. The maximum absolute atomic E-state index is 13.9. The van der Waals surface area contributed by atoms with E-state index in [2.05, 4.69) is 16.7 Å². The summed E-state index contributed by atoms with van der Waals surface area (Å²) < 4.78 is 43.8. The normalized spacial score (nSPS) is 11.6. The second-order valence-electron chi connectivity index (χ2n) is 6.79. The molecule has 0 spiro atoms. The van der Waals surface area contributed by atoms with E-state index in [1.165, 1.54) is 6.07 Å². The van der Waals surface area contributed by atoms with Crippen molar-refractivity contribution in [1.29, 1.82) is 0 Å². The number of halogens is 1. The van der Waals surface area contributed by atoms with Crippen LogP contribution in [0.5, 0.6) is 0 Å². The van der Waals surface area contributed by atoms with Crippen molar-refractivity contribution in [3.8, 4) is 0 Å². The average molecular weight is 402 g/mol. The van der Waals surface area contributed by atoms with Gasteiger partial charge in [0, 0.05) is 5.56 Å². The molecule has 0 unspecified atom stereocenters. The number of nitrogens with zero attached hydrogens (tertiary/aromatic N) is 2. The molecular weight excluding hydrogens is 377 g/mol. The van der Waals surface area contributed by atoms with Gasteiger partial charge in [0.15, 0.2) is 0 Å². The van der Waals surface area contributed by atoms with Gasteiger partial charge in [-0.3, -0.25) is 9.40 Å². The van der Waals surface area contributed by atoms with E-state index in [9.17, 15) is 12.8 Å². The van der Waals surface area contributed by atoms with Gasteiger partial charge in [-0.1, -0.05) is 43.7 Å². The van der Waals surface area contributed by atoms with E-state index in [0.29, 0.717) is 22.6 Å². The third-order valence-corrected chi connectivity index (χ3v) is 6.03. The molecule has 5 nitrogen and oxygen atoms in total. The number of nitrogens with one attached hydrogen (secondary N) is 1. The lowest BCUT2D eigenvalue weighted by atomic mass is 10.1. The zero-order chi connectivity index (χ0) is 20.3. The van der Waals surface area contributed by atoms with Crippen molar-refractivity contribution in [1.82, 2.24) is 9.78 Å². The average Bonchev–Trinajstić information content (AvgIpc) is 2.91. The summed E-state index contributed by atoms with van der Waals surface area (Å²) in [5.41, 5.74) is 3.20. The van der Waals surface area contributed by atoms with Crippen LogP contribution in [0.2, 0.25) is 0 Å². The zero-order valence-corrected chi connectivity index (χ0v) is 17.1. The highest BCUT2D eigenvalue weighted by atomic mass is 32.2. The molecule has 1 heterocycles. The minimum atomic E-state index is -3.74. The zero-order valence-electron chi connectivity index (χ0n) is 16.2. The third kappa shape index (κ3) is 4.25. The first-order valence-electron chi connectivity index (χ1n) is 9.21. The Labute approximate surface area is 165 Å². The van der Waals surface area contributed by atoms with E-state index >= 15 is 0 Å². The molecule has 0 radical (unpaired) electrons. The highest BCUT2D eigenvalue weighted by Gasteiger charge is 2.20. The second kappa shape index (κ2) is 8.14. The maximum Gasteiger partial charge on any atom is 0.262 e. The molecule has 3 rings (SSSR count). The number of aromatic nitrogens is 2. The van der Waals surface area contributed by atoms with Crippen molar-refractivity contribution in [2.24, 2.45) is 0 Å². The first-order chi connectivity index (χ1) is 13.3. The molecular formula is C21H24FN3O2S. The van der Waals surface area contributed by atoms with Gasteiger partial charge >= 0.3 is 0 Å². The molecule has 1 aromatic heterocycles. The van der Waals surface area contributed by atoms with Crippen LogP contribution in [0.3, 0.4) is 0 Å². The number of benzene rings is 2. The van der Waals surface area contributed by atoms with Gasteiger partial charge in [0.25, 0.3) is 10.0 Å². The standard InChI is InChI=1S/C21H24FN3O2S/c1-4-7-17-10-12-19(13-11-17)28(26,27)24-21-15(2)23-25(16(21)3)14-18-8-5-6-9-20(18)22/h5-6,8-13,24H,4,7,14H2,1-3H3. The highest BCUT2D eigenvalue weighted by Crippen LogP contribution is 2.24. The van der Waals surface area contributed by atoms with Crippen LogP contribution in [0.25, 0.3) is 0 Å². The number of hydrogen-bond donors (Lipinski definition) is 1. The van der Waals surface area contributed by atoms with Gasteiger partial charge in [-0.15, -0.1) is 0 Å². The summed E-state index contributed by atoms with van der Waals surface area (Å²) in [6.07, 6.45) is 1.92. The van der Waals surface area contributed by atoms with Gasteiger partial charge in [0.2, 0.25) is 0 Å². The highest BCUT2D eigenvalue weighted by molar-refractivity contribution is 7.92. The van der Waals surface area contributed by atoms with Crippen LogP contribution in [-0.4, -0.2) is 18.2 Å². The number of rotatable bonds is 7. The molecule has 28 heavy (non-hydrogen) atoms. The van der Waals surface area contributed by atoms with Gasteiger partial charge in [-0.05, 0) is 44.0 Å². The Morgan fingerprint density at radius 1 is 1.07 bits per heavy atom. The number of aryl methyl sites for hydroxylation is 2. The lowest BCUT2D eigenvalue weighted by Gasteiger charge is -2.10. The molecule has 3 aromatic rings. The largest absolute Gasteiger partial charge is 0.276 e. The van der Waals surface area contributed by atoms with E-state index in [1.54, 1.807) is 48.9 Å². The lowest BCUT2D eigenvalue weighted by molar-refractivity contribution is 0.579. The van der Waals surface area contributed by atoms with Gasteiger partial charge in [0.1, 0.15) is 5.82 Å². The van der Waals surface area contributed by atoms with Crippen molar-refractivity contribution in [3.05, 3.63) is 76.9 Å². The molecule has 0 aliphatic heterocycles. The Balaban J connectivity index is 1.86. The molecule has 0 aliphatic carbocycles. The Morgan fingerprint density at radius 3 is 2.39 bits per heavy atom. The number of anilines is 1. The van der Waals surface area contributed by atoms with Crippen LogP contribution < -0.4 is 4.72 Å². The minimum Gasteiger partial charge on any atom is -0.276 e. The minimum absolute atomic E-state index is 0.202. The van der Waals surface area contributed by atoms with Crippen molar-refractivity contribution >= 4 is 15.7 Å². The van der Waals surface area contributed by atoms with Crippen LogP contribution in [0.1, 0.15) is 35.9 Å². The lowest BCUT2D eigenvalue weighted by Crippen LogP contribution is -2.14. The molecule has 0 aliphatic rings. The Bertz CT molecular complexity index is 1070. The predicted molar refractivity (Wildman–Crippen MR) is 108 cm³/mol. The van der Waals surface area contributed by atoms with Crippen molar-refractivity contribution in [2.75, 3.05) is 4.72 Å². The van der Waals surface area contributed by atoms with Crippen LogP contribution >= 0.6 is 0 Å². The summed E-state index contributed by atoms with van der Waals surface area (Å²) in [6.45, 7) is 5.81. The fraction of sp³-hybridized carbons (Fsp3) is 0.286. The van der Waals surface area contributed by atoms with Crippen LogP contribution in [-0.2, 0) is 23.0 Å². The van der Waals surface area contributed by atoms with Crippen molar-refractivity contribution < 1.29 is 12.8 Å². The number of hydrogen-bond acceptors (Lipinski definition) is 3. The molecule has 1 N–H and O–H groups in total. The van der Waals surface area contributed by atoms with Crippen molar-refractivity contribution in [2.45, 2.75) is 45.1 Å². The van der Waals surface area contributed by atoms with E-state index < -0.39 is 10.0 Å². The number of sulfonamides is 1. The van der Waals surface area contributed by atoms with E-state index in [1.807, 2.05) is 12.1 Å². The summed E-state index contributed by atoms with van der Waals surface area (Å²) in [7, 11) is -3.74. The van der Waals surface area contributed by atoms with Crippen LogP contribution in [0.15, 0.2) is 53.4 Å². The maximum atomic E-state index is 13.9. The van der Waals surface area contributed by atoms with Crippen LogP contribution in [0.4, 0.5) is 10.1 Å². The van der Waals surface area contributed by atoms with Gasteiger partial charge in [-0.2, -0.15) is 5.10 Å². The summed E-state index contributed by atoms with van der Waals surface area (Å²) in [6, 6.07) is 13.4. The molecule has 2 aromatic carbocycles. The van der Waals surface area contributed by atoms with E-state index in [4.69, 9.17) is 0 Å². The smallest absolute Gasteiger partial charge is 0.262 e. The monoisotopic (exact) mass is 401 g/mol.